The Bertz CT molecular complexity index is 524. The molecule has 1 heterocycles. The Morgan fingerprint density at radius 3 is 2.60 bits per heavy atom. The zero-order valence-electron chi connectivity index (χ0n) is 11.1. The first kappa shape index (κ1) is 14.0. The molecule has 1 aromatic carbocycles. The second kappa shape index (κ2) is 6.18. The summed E-state index contributed by atoms with van der Waals surface area (Å²) >= 11 is 0. The normalized spacial score (nSPS) is 17.4. The van der Waals surface area contributed by atoms with Gasteiger partial charge in [0.25, 0.3) is 0 Å². The molecule has 0 aliphatic carbocycles. The number of ether oxygens (including phenoxy) is 1. The van der Waals surface area contributed by atoms with Gasteiger partial charge in [0, 0.05) is 12.1 Å². The van der Waals surface area contributed by atoms with E-state index >= 15 is 0 Å². The van der Waals surface area contributed by atoms with Gasteiger partial charge in [0.1, 0.15) is 6.04 Å². The molecular formula is C14H16N2O4. The summed E-state index contributed by atoms with van der Waals surface area (Å²) in [4.78, 5) is 34.4. The summed E-state index contributed by atoms with van der Waals surface area (Å²) in [6.07, 6.45) is 0.880. The second-order valence-corrected chi connectivity index (χ2v) is 4.45. The van der Waals surface area contributed by atoms with E-state index in [0.717, 1.165) is 0 Å². The van der Waals surface area contributed by atoms with Crippen LogP contribution in [0.15, 0.2) is 24.3 Å². The van der Waals surface area contributed by atoms with Gasteiger partial charge in [0.2, 0.25) is 11.8 Å². The van der Waals surface area contributed by atoms with Gasteiger partial charge in [-0.3, -0.25) is 9.59 Å². The SMILES string of the molecule is CCOC(=O)c1ccc(NC(=O)[C@@H]2CCC(=O)N2)cc1. The van der Waals surface area contributed by atoms with Gasteiger partial charge in [-0.2, -0.15) is 0 Å². The smallest absolute Gasteiger partial charge is 0.338 e. The Kier molecular flexibility index (Phi) is 4.34. The number of hydrogen-bond acceptors (Lipinski definition) is 4. The molecule has 1 aliphatic heterocycles. The van der Waals surface area contributed by atoms with Gasteiger partial charge in [0.05, 0.1) is 12.2 Å². The molecule has 0 spiro atoms. The predicted octanol–water partition coefficient (Wildman–Crippen LogP) is 1.08. The van der Waals surface area contributed by atoms with Gasteiger partial charge in [-0.05, 0) is 37.6 Å². The number of carbonyl (C=O) groups is 3. The van der Waals surface area contributed by atoms with E-state index < -0.39 is 12.0 Å². The maximum atomic E-state index is 11.9. The molecule has 0 saturated carbocycles. The van der Waals surface area contributed by atoms with Crippen molar-refractivity contribution in [2.24, 2.45) is 0 Å². The highest BCUT2D eigenvalue weighted by atomic mass is 16.5. The minimum atomic E-state index is -0.479. The lowest BCUT2D eigenvalue weighted by Gasteiger charge is -2.11. The summed E-state index contributed by atoms with van der Waals surface area (Å²) in [7, 11) is 0. The lowest BCUT2D eigenvalue weighted by Crippen LogP contribution is -2.37. The van der Waals surface area contributed by atoms with Crippen LogP contribution in [-0.2, 0) is 14.3 Å². The molecule has 2 amide bonds. The average Bonchev–Trinajstić information content (AvgIpc) is 2.86. The van der Waals surface area contributed by atoms with Crippen molar-refractivity contribution in [3.63, 3.8) is 0 Å². The first-order valence-electron chi connectivity index (χ1n) is 6.47. The second-order valence-electron chi connectivity index (χ2n) is 4.45. The van der Waals surface area contributed by atoms with Crippen molar-refractivity contribution in [1.82, 2.24) is 5.32 Å². The van der Waals surface area contributed by atoms with Crippen LogP contribution >= 0.6 is 0 Å². The molecule has 1 aliphatic rings. The topological polar surface area (TPSA) is 84.5 Å². The first-order valence-corrected chi connectivity index (χ1v) is 6.47. The number of esters is 1. The number of nitrogens with one attached hydrogen (secondary N) is 2. The molecule has 1 saturated heterocycles. The lowest BCUT2D eigenvalue weighted by molar-refractivity contribution is -0.122. The molecule has 2 N–H and O–H groups in total. The molecule has 6 heteroatoms. The standard InChI is InChI=1S/C14H16N2O4/c1-2-20-14(19)9-3-5-10(6-4-9)15-13(18)11-7-8-12(17)16-11/h3-6,11H,2,7-8H2,1H3,(H,15,18)(H,16,17)/t11-/m0/s1. The van der Waals surface area contributed by atoms with Crippen LogP contribution in [0.1, 0.15) is 30.1 Å². The summed E-state index contributed by atoms with van der Waals surface area (Å²) in [5, 5.41) is 5.29. The molecule has 1 atom stereocenters. The molecule has 1 aromatic rings. The fraction of sp³-hybridized carbons (Fsp3) is 0.357. The molecule has 6 nitrogen and oxygen atoms in total. The molecule has 0 bridgehead atoms. The minimum Gasteiger partial charge on any atom is -0.462 e. The van der Waals surface area contributed by atoms with E-state index in [0.29, 0.717) is 30.7 Å². The van der Waals surface area contributed by atoms with Crippen molar-refractivity contribution in [2.45, 2.75) is 25.8 Å². The maximum Gasteiger partial charge on any atom is 0.338 e. The Labute approximate surface area is 116 Å². The fourth-order valence-corrected chi connectivity index (χ4v) is 1.94. The Hall–Kier alpha value is -2.37. The predicted molar refractivity (Wildman–Crippen MR) is 72.2 cm³/mol. The zero-order chi connectivity index (χ0) is 14.5. The van der Waals surface area contributed by atoms with Crippen molar-refractivity contribution in [2.75, 3.05) is 11.9 Å². The van der Waals surface area contributed by atoms with Gasteiger partial charge in [-0.25, -0.2) is 4.79 Å². The molecule has 2 rings (SSSR count). The van der Waals surface area contributed by atoms with Gasteiger partial charge < -0.3 is 15.4 Å². The molecule has 0 aromatic heterocycles. The van der Waals surface area contributed by atoms with Crippen molar-refractivity contribution in [3.05, 3.63) is 29.8 Å². The quantitative estimate of drug-likeness (QED) is 0.806. The molecule has 20 heavy (non-hydrogen) atoms. The van der Waals surface area contributed by atoms with E-state index in [-0.39, 0.29) is 11.8 Å². The lowest BCUT2D eigenvalue weighted by atomic mass is 10.2. The number of benzene rings is 1. The summed E-state index contributed by atoms with van der Waals surface area (Å²) in [6.45, 7) is 2.06. The summed E-state index contributed by atoms with van der Waals surface area (Å²) in [6, 6.07) is 5.94. The van der Waals surface area contributed by atoms with Crippen LogP contribution < -0.4 is 10.6 Å². The summed E-state index contributed by atoms with van der Waals surface area (Å²) in [5.74, 6) is -0.754. The van der Waals surface area contributed by atoms with Gasteiger partial charge in [-0.1, -0.05) is 0 Å². The van der Waals surface area contributed by atoms with Crippen molar-refractivity contribution >= 4 is 23.5 Å². The van der Waals surface area contributed by atoms with Crippen LogP contribution in [0, 0.1) is 0 Å². The molecule has 0 unspecified atom stereocenters. The van der Waals surface area contributed by atoms with Crippen LogP contribution in [0.3, 0.4) is 0 Å². The van der Waals surface area contributed by atoms with E-state index in [1.54, 1.807) is 31.2 Å². The Morgan fingerprint density at radius 2 is 2.05 bits per heavy atom. The third kappa shape index (κ3) is 3.34. The summed E-state index contributed by atoms with van der Waals surface area (Å²) < 4.78 is 4.87. The monoisotopic (exact) mass is 276 g/mol. The van der Waals surface area contributed by atoms with E-state index in [4.69, 9.17) is 4.74 Å². The third-order valence-corrected chi connectivity index (χ3v) is 2.98. The molecule has 106 valence electrons. The highest BCUT2D eigenvalue weighted by molar-refractivity contribution is 5.99. The molecule has 0 radical (unpaired) electrons. The van der Waals surface area contributed by atoms with Crippen molar-refractivity contribution < 1.29 is 19.1 Å². The Morgan fingerprint density at radius 1 is 1.35 bits per heavy atom. The van der Waals surface area contributed by atoms with Gasteiger partial charge >= 0.3 is 5.97 Å². The van der Waals surface area contributed by atoms with Crippen molar-refractivity contribution in [3.8, 4) is 0 Å². The number of hydrogen-bond donors (Lipinski definition) is 2. The maximum absolute atomic E-state index is 11.9. The average molecular weight is 276 g/mol. The number of carbonyl (C=O) groups excluding carboxylic acids is 3. The fourth-order valence-electron chi connectivity index (χ4n) is 1.94. The minimum absolute atomic E-state index is 0.109. The third-order valence-electron chi connectivity index (χ3n) is 2.98. The summed E-state index contributed by atoms with van der Waals surface area (Å²) in [5.41, 5.74) is 1.00. The van der Waals surface area contributed by atoms with E-state index in [1.807, 2.05) is 0 Å². The zero-order valence-corrected chi connectivity index (χ0v) is 11.1. The van der Waals surface area contributed by atoms with Crippen LogP contribution in [-0.4, -0.2) is 30.4 Å². The largest absolute Gasteiger partial charge is 0.462 e. The number of anilines is 1. The Balaban J connectivity index is 1.95. The highest BCUT2D eigenvalue weighted by Crippen LogP contribution is 2.13. The van der Waals surface area contributed by atoms with Gasteiger partial charge in [-0.15, -0.1) is 0 Å². The van der Waals surface area contributed by atoms with Gasteiger partial charge in [0.15, 0.2) is 0 Å². The van der Waals surface area contributed by atoms with Crippen LogP contribution in [0.5, 0.6) is 0 Å². The van der Waals surface area contributed by atoms with Crippen LogP contribution in [0.4, 0.5) is 5.69 Å². The van der Waals surface area contributed by atoms with E-state index in [9.17, 15) is 14.4 Å². The van der Waals surface area contributed by atoms with Crippen molar-refractivity contribution in [1.29, 1.82) is 0 Å². The van der Waals surface area contributed by atoms with Crippen LogP contribution in [0.2, 0.25) is 0 Å². The first-order chi connectivity index (χ1) is 9.60. The van der Waals surface area contributed by atoms with E-state index in [2.05, 4.69) is 10.6 Å². The molecular weight excluding hydrogens is 260 g/mol. The van der Waals surface area contributed by atoms with E-state index in [1.165, 1.54) is 0 Å². The highest BCUT2D eigenvalue weighted by Gasteiger charge is 2.27. The molecule has 1 fully saturated rings. The number of amides is 2. The number of rotatable bonds is 4. The van der Waals surface area contributed by atoms with Crippen LogP contribution in [0.25, 0.3) is 0 Å².